The quantitative estimate of drug-likeness (QED) is 0.437. The van der Waals surface area contributed by atoms with Crippen LogP contribution in [0.1, 0.15) is 11.1 Å². The molecule has 3 aromatic rings. The second-order valence-electron chi connectivity index (χ2n) is 7.27. The molecule has 174 valence electrons. The summed E-state index contributed by atoms with van der Waals surface area (Å²) in [7, 11) is -2.34. The third-order valence-electron chi connectivity index (χ3n) is 4.96. The second-order valence-corrected chi connectivity index (χ2v) is 10.1. The first-order valence-corrected chi connectivity index (χ1v) is 12.4. The van der Waals surface area contributed by atoms with Crippen molar-refractivity contribution in [2.24, 2.45) is 0 Å². The van der Waals surface area contributed by atoms with Crippen LogP contribution in [-0.4, -0.2) is 38.8 Å². The maximum atomic E-state index is 13.3. The standard InChI is InChI=1S/C24H24Cl2N2O4S/c1-32-21-11-7-18(8-12-21)13-14-27-24(29)17-28(16-19-9-10-20(25)15-23(19)26)33(30,31)22-5-3-2-4-6-22/h2-12,15H,13-14,16-17H2,1H3,(H,27,29). The Labute approximate surface area is 204 Å². The van der Waals surface area contributed by atoms with E-state index >= 15 is 0 Å². The van der Waals surface area contributed by atoms with E-state index in [1.807, 2.05) is 24.3 Å². The van der Waals surface area contributed by atoms with Crippen molar-refractivity contribution in [2.45, 2.75) is 17.9 Å². The van der Waals surface area contributed by atoms with Gasteiger partial charge in [-0.15, -0.1) is 0 Å². The molecule has 0 unspecified atom stereocenters. The predicted octanol–water partition coefficient (Wildman–Crippen LogP) is 4.55. The van der Waals surface area contributed by atoms with Crippen molar-refractivity contribution < 1.29 is 17.9 Å². The molecular formula is C24H24Cl2N2O4S. The van der Waals surface area contributed by atoms with Crippen molar-refractivity contribution in [3.63, 3.8) is 0 Å². The van der Waals surface area contributed by atoms with E-state index < -0.39 is 15.9 Å². The minimum absolute atomic E-state index is 0.0703. The number of sulfonamides is 1. The van der Waals surface area contributed by atoms with Gasteiger partial charge < -0.3 is 10.1 Å². The fraction of sp³-hybridized carbons (Fsp3) is 0.208. The molecule has 0 aliphatic carbocycles. The third kappa shape index (κ3) is 6.95. The zero-order valence-electron chi connectivity index (χ0n) is 18.0. The normalized spacial score (nSPS) is 11.4. The van der Waals surface area contributed by atoms with Gasteiger partial charge in [0.05, 0.1) is 18.6 Å². The summed E-state index contributed by atoms with van der Waals surface area (Å²) >= 11 is 12.2. The fourth-order valence-corrected chi connectivity index (χ4v) is 5.03. The number of halogens is 2. The summed E-state index contributed by atoms with van der Waals surface area (Å²) in [5.74, 6) is 0.346. The van der Waals surface area contributed by atoms with Gasteiger partial charge in [0, 0.05) is 23.1 Å². The lowest BCUT2D eigenvalue weighted by Crippen LogP contribution is -2.40. The molecule has 1 N–H and O–H groups in total. The van der Waals surface area contributed by atoms with E-state index in [4.69, 9.17) is 27.9 Å². The number of nitrogens with one attached hydrogen (secondary N) is 1. The third-order valence-corrected chi connectivity index (χ3v) is 7.35. The number of benzene rings is 3. The zero-order chi connectivity index (χ0) is 23.8. The van der Waals surface area contributed by atoms with Crippen molar-refractivity contribution >= 4 is 39.1 Å². The average molecular weight is 507 g/mol. The molecular weight excluding hydrogens is 483 g/mol. The molecule has 0 atom stereocenters. The molecule has 3 aromatic carbocycles. The largest absolute Gasteiger partial charge is 0.497 e. The average Bonchev–Trinajstić information content (AvgIpc) is 2.81. The van der Waals surface area contributed by atoms with Crippen LogP contribution in [0, 0.1) is 0 Å². The Bertz CT molecular complexity index is 1190. The Morgan fingerprint density at radius 3 is 2.33 bits per heavy atom. The number of hydrogen-bond donors (Lipinski definition) is 1. The van der Waals surface area contributed by atoms with Crippen molar-refractivity contribution in [2.75, 3.05) is 20.2 Å². The summed E-state index contributed by atoms with van der Waals surface area (Å²) in [6.07, 6.45) is 0.601. The van der Waals surface area contributed by atoms with Gasteiger partial charge in [0.2, 0.25) is 15.9 Å². The lowest BCUT2D eigenvalue weighted by molar-refractivity contribution is -0.121. The van der Waals surface area contributed by atoms with Gasteiger partial charge >= 0.3 is 0 Å². The fourth-order valence-electron chi connectivity index (χ4n) is 3.16. The smallest absolute Gasteiger partial charge is 0.243 e. The highest BCUT2D eigenvalue weighted by Gasteiger charge is 2.27. The summed E-state index contributed by atoms with van der Waals surface area (Å²) in [6, 6.07) is 20.3. The van der Waals surface area contributed by atoms with Crippen LogP contribution < -0.4 is 10.1 Å². The van der Waals surface area contributed by atoms with Gasteiger partial charge in [-0.05, 0) is 53.9 Å². The number of nitrogens with zero attached hydrogens (tertiary/aromatic N) is 1. The lowest BCUT2D eigenvalue weighted by atomic mass is 10.1. The van der Waals surface area contributed by atoms with Crippen LogP contribution in [0.15, 0.2) is 77.7 Å². The number of rotatable bonds is 10. The van der Waals surface area contributed by atoms with E-state index in [1.54, 1.807) is 43.5 Å². The van der Waals surface area contributed by atoms with Crippen molar-refractivity contribution in [3.05, 3.63) is 94.0 Å². The Balaban J connectivity index is 1.72. The lowest BCUT2D eigenvalue weighted by Gasteiger charge is -2.22. The Morgan fingerprint density at radius 1 is 1.00 bits per heavy atom. The summed E-state index contributed by atoms with van der Waals surface area (Å²) < 4.78 is 32.8. The first-order valence-electron chi connectivity index (χ1n) is 10.2. The molecule has 0 aliphatic heterocycles. The molecule has 6 nitrogen and oxygen atoms in total. The summed E-state index contributed by atoms with van der Waals surface area (Å²) in [5.41, 5.74) is 1.57. The van der Waals surface area contributed by atoms with Gasteiger partial charge in [0.1, 0.15) is 5.75 Å². The highest BCUT2D eigenvalue weighted by atomic mass is 35.5. The van der Waals surface area contributed by atoms with Crippen LogP contribution in [0.2, 0.25) is 10.0 Å². The number of methoxy groups -OCH3 is 1. The second kappa shape index (κ2) is 11.5. The molecule has 0 saturated heterocycles. The molecule has 0 aromatic heterocycles. The van der Waals surface area contributed by atoms with Gasteiger partial charge in [0.25, 0.3) is 0 Å². The van der Waals surface area contributed by atoms with Crippen molar-refractivity contribution in [1.82, 2.24) is 9.62 Å². The molecule has 0 spiro atoms. The Hall–Kier alpha value is -2.58. The highest BCUT2D eigenvalue weighted by Crippen LogP contribution is 2.25. The van der Waals surface area contributed by atoms with Crippen molar-refractivity contribution in [1.29, 1.82) is 0 Å². The van der Waals surface area contributed by atoms with E-state index in [0.717, 1.165) is 15.6 Å². The van der Waals surface area contributed by atoms with E-state index in [2.05, 4.69) is 5.32 Å². The molecule has 0 fully saturated rings. The number of hydrogen-bond acceptors (Lipinski definition) is 4. The van der Waals surface area contributed by atoms with Crippen LogP contribution in [-0.2, 0) is 27.8 Å². The van der Waals surface area contributed by atoms with Gasteiger partial charge in [-0.1, -0.05) is 59.6 Å². The summed E-state index contributed by atoms with van der Waals surface area (Å²) in [5, 5.41) is 3.56. The number of carbonyl (C=O) groups excluding carboxylic acids is 1. The Kier molecular flexibility index (Phi) is 8.74. The predicted molar refractivity (Wildman–Crippen MR) is 130 cm³/mol. The van der Waals surface area contributed by atoms with Crippen LogP contribution >= 0.6 is 23.2 Å². The Morgan fingerprint density at radius 2 is 1.70 bits per heavy atom. The maximum absolute atomic E-state index is 13.3. The minimum atomic E-state index is -3.94. The van der Waals surface area contributed by atoms with E-state index in [0.29, 0.717) is 28.6 Å². The maximum Gasteiger partial charge on any atom is 0.243 e. The SMILES string of the molecule is COc1ccc(CCNC(=O)CN(Cc2ccc(Cl)cc2Cl)S(=O)(=O)c2ccccc2)cc1. The van der Waals surface area contributed by atoms with Gasteiger partial charge in [-0.25, -0.2) is 8.42 Å². The number of amides is 1. The van der Waals surface area contributed by atoms with Crippen LogP contribution in [0.5, 0.6) is 5.75 Å². The van der Waals surface area contributed by atoms with E-state index in [-0.39, 0.29) is 18.0 Å². The summed E-state index contributed by atoms with van der Waals surface area (Å²) in [6.45, 7) is -0.0516. The van der Waals surface area contributed by atoms with Gasteiger partial charge in [-0.2, -0.15) is 4.31 Å². The summed E-state index contributed by atoms with van der Waals surface area (Å²) in [4.78, 5) is 12.8. The molecule has 3 rings (SSSR count). The molecule has 33 heavy (non-hydrogen) atoms. The topological polar surface area (TPSA) is 75.7 Å². The molecule has 0 aliphatic rings. The van der Waals surface area contributed by atoms with E-state index in [9.17, 15) is 13.2 Å². The van der Waals surface area contributed by atoms with Crippen molar-refractivity contribution in [3.8, 4) is 5.75 Å². The molecule has 0 saturated carbocycles. The first kappa shape index (κ1) is 25.1. The zero-order valence-corrected chi connectivity index (χ0v) is 20.3. The molecule has 1 amide bonds. The van der Waals surface area contributed by atoms with Crippen LogP contribution in [0.3, 0.4) is 0 Å². The minimum Gasteiger partial charge on any atom is -0.497 e. The molecule has 0 bridgehead atoms. The van der Waals surface area contributed by atoms with E-state index in [1.165, 1.54) is 12.1 Å². The monoisotopic (exact) mass is 506 g/mol. The van der Waals surface area contributed by atoms with Crippen LogP contribution in [0.4, 0.5) is 0 Å². The molecule has 0 radical (unpaired) electrons. The first-order chi connectivity index (χ1) is 15.8. The van der Waals surface area contributed by atoms with Gasteiger partial charge in [0.15, 0.2) is 0 Å². The van der Waals surface area contributed by atoms with Gasteiger partial charge in [-0.3, -0.25) is 4.79 Å². The molecule has 9 heteroatoms. The highest BCUT2D eigenvalue weighted by molar-refractivity contribution is 7.89. The molecule has 0 heterocycles. The number of ether oxygens (including phenoxy) is 1. The van der Waals surface area contributed by atoms with Crippen LogP contribution in [0.25, 0.3) is 0 Å². The number of carbonyl (C=O) groups is 1.